The van der Waals surface area contributed by atoms with Gasteiger partial charge in [0.05, 0.1) is 23.9 Å². The number of carbonyl (C=O) groups is 3. The summed E-state index contributed by atoms with van der Waals surface area (Å²) in [6.07, 6.45) is 3.40. The molecule has 1 aliphatic carbocycles. The summed E-state index contributed by atoms with van der Waals surface area (Å²) in [5.41, 5.74) is 2.46. The third-order valence-electron chi connectivity index (χ3n) is 5.41. The van der Waals surface area contributed by atoms with E-state index in [9.17, 15) is 14.4 Å². The monoisotopic (exact) mass is 409 g/mol. The van der Waals surface area contributed by atoms with E-state index in [1.807, 2.05) is 13.0 Å². The zero-order valence-corrected chi connectivity index (χ0v) is 16.7. The van der Waals surface area contributed by atoms with E-state index in [1.165, 1.54) is 4.90 Å². The SMILES string of the molecule is CC1=CCC2C(=O)N(c3ccc(OC(=O)Cc4ccc(Cl)cc4)cc3)C(=O)C2C1. The number of carbonyl (C=O) groups excluding carboxylic acids is 3. The molecule has 1 saturated heterocycles. The van der Waals surface area contributed by atoms with E-state index in [2.05, 4.69) is 0 Å². The van der Waals surface area contributed by atoms with Crippen molar-refractivity contribution in [3.05, 3.63) is 70.8 Å². The first-order valence-corrected chi connectivity index (χ1v) is 9.89. The van der Waals surface area contributed by atoms with Gasteiger partial charge in [0, 0.05) is 5.02 Å². The van der Waals surface area contributed by atoms with Gasteiger partial charge < -0.3 is 4.74 Å². The van der Waals surface area contributed by atoms with Crippen molar-refractivity contribution in [2.75, 3.05) is 4.90 Å². The molecule has 4 rings (SSSR count). The number of halogens is 1. The molecule has 148 valence electrons. The van der Waals surface area contributed by atoms with Crippen LogP contribution in [-0.2, 0) is 20.8 Å². The van der Waals surface area contributed by atoms with Crippen molar-refractivity contribution < 1.29 is 19.1 Å². The highest BCUT2D eigenvalue weighted by molar-refractivity contribution is 6.30. The number of hydrogen-bond donors (Lipinski definition) is 0. The molecule has 0 radical (unpaired) electrons. The van der Waals surface area contributed by atoms with Gasteiger partial charge in [-0.3, -0.25) is 19.3 Å². The number of rotatable bonds is 4. The predicted octanol–water partition coefficient (Wildman–Crippen LogP) is 4.33. The Balaban J connectivity index is 1.43. The normalized spacial score (nSPS) is 21.0. The van der Waals surface area contributed by atoms with Crippen LogP contribution in [-0.4, -0.2) is 17.8 Å². The Morgan fingerprint density at radius 1 is 1.03 bits per heavy atom. The number of fused-ring (bicyclic) bond motifs is 1. The standard InChI is InChI=1S/C23H20ClNO4/c1-14-2-11-19-20(12-14)23(28)25(22(19)27)17-7-9-18(10-8-17)29-21(26)13-15-3-5-16(24)6-4-15/h2-10,19-20H,11-13H2,1H3. The van der Waals surface area contributed by atoms with Crippen molar-refractivity contribution in [1.29, 1.82) is 0 Å². The molecule has 29 heavy (non-hydrogen) atoms. The van der Waals surface area contributed by atoms with Crippen LogP contribution in [0.2, 0.25) is 5.02 Å². The summed E-state index contributed by atoms with van der Waals surface area (Å²) in [7, 11) is 0. The zero-order chi connectivity index (χ0) is 20.5. The highest BCUT2D eigenvalue weighted by Crippen LogP contribution is 2.39. The molecule has 0 aromatic heterocycles. The number of benzene rings is 2. The molecule has 0 bridgehead atoms. The summed E-state index contributed by atoms with van der Waals surface area (Å²) in [6, 6.07) is 13.5. The molecule has 2 aliphatic rings. The molecular formula is C23H20ClNO4. The van der Waals surface area contributed by atoms with E-state index in [0.29, 0.717) is 29.3 Å². The molecule has 0 spiro atoms. The average molecular weight is 410 g/mol. The molecule has 5 nitrogen and oxygen atoms in total. The van der Waals surface area contributed by atoms with Crippen LogP contribution in [0.25, 0.3) is 0 Å². The molecule has 2 amide bonds. The topological polar surface area (TPSA) is 63.7 Å². The lowest BCUT2D eigenvalue weighted by molar-refractivity contribution is -0.133. The lowest BCUT2D eigenvalue weighted by Crippen LogP contribution is -2.30. The maximum Gasteiger partial charge on any atom is 0.315 e. The van der Waals surface area contributed by atoms with Gasteiger partial charge in [-0.25, -0.2) is 0 Å². The molecule has 1 fully saturated rings. The van der Waals surface area contributed by atoms with E-state index < -0.39 is 5.97 Å². The maximum absolute atomic E-state index is 12.8. The number of amides is 2. The molecule has 2 aromatic carbocycles. The summed E-state index contributed by atoms with van der Waals surface area (Å²) in [6.45, 7) is 1.99. The third kappa shape index (κ3) is 3.96. The van der Waals surface area contributed by atoms with Crippen LogP contribution in [0.1, 0.15) is 25.3 Å². The number of anilines is 1. The fourth-order valence-corrected chi connectivity index (χ4v) is 4.02. The summed E-state index contributed by atoms with van der Waals surface area (Å²) < 4.78 is 5.36. The van der Waals surface area contributed by atoms with Crippen molar-refractivity contribution in [3.8, 4) is 5.75 Å². The van der Waals surface area contributed by atoms with Crippen molar-refractivity contribution in [1.82, 2.24) is 0 Å². The van der Waals surface area contributed by atoms with Crippen molar-refractivity contribution >= 4 is 35.1 Å². The number of imide groups is 1. The Kier molecular flexibility index (Phi) is 5.24. The Morgan fingerprint density at radius 3 is 2.38 bits per heavy atom. The van der Waals surface area contributed by atoms with Gasteiger partial charge in [-0.1, -0.05) is 35.4 Å². The van der Waals surface area contributed by atoms with Gasteiger partial charge >= 0.3 is 5.97 Å². The van der Waals surface area contributed by atoms with E-state index in [4.69, 9.17) is 16.3 Å². The number of nitrogens with zero attached hydrogens (tertiary/aromatic N) is 1. The fraction of sp³-hybridized carbons (Fsp3) is 0.261. The second-order valence-corrected chi connectivity index (χ2v) is 7.92. The first-order chi connectivity index (χ1) is 13.9. The van der Waals surface area contributed by atoms with Crippen molar-refractivity contribution in [2.24, 2.45) is 11.8 Å². The quantitative estimate of drug-likeness (QED) is 0.326. The van der Waals surface area contributed by atoms with E-state index >= 15 is 0 Å². The minimum absolute atomic E-state index is 0.123. The first-order valence-electron chi connectivity index (χ1n) is 9.51. The van der Waals surface area contributed by atoms with Crippen LogP contribution in [0.4, 0.5) is 5.69 Å². The molecule has 0 saturated carbocycles. The number of esters is 1. The zero-order valence-electron chi connectivity index (χ0n) is 15.9. The van der Waals surface area contributed by atoms with Crippen molar-refractivity contribution in [3.63, 3.8) is 0 Å². The fourth-order valence-electron chi connectivity index (χ4n) is 3.89. The molecule has 1 aliphatic heterocycles. The van der Waals surface area contributed by atoms with Crippen molar-refractivity contribution in [2.45, 2.75) is 26.2 Å². The average Bonchev–Trinajstić information content (AvgIpc) is 2.94. The van der Waals surface area contributed by atoms with Crippen LogP contribution in [0.5, 0.6) is 5.75 Å². The smallest absolute Gasteiger partial charge is 0.315 e. The Labute approximate surface area is 173 Å². The molecular weight excluding hydrogens is 390 g/mol. The summed E-state index contributed by atoms with van der Waals surface area (Å²) in [4.78, 5) is 38.9. The summed E-state index contributed by atoms with van der Waals surface area (Å²) in [5, 5.41) is 0.606. The van der Waals surface area contributed by atoms with E-state index in [1.54, 1.807) is 48.5 Å². The number of hydrogen-bond acceptors (Lipinski definition) is 4. The van der Waals surface area contributed by atoms with Crippen LogP contribution in [0.3, 0.4) is 0 Å². The van der Waals surface area contributed by atoms with Crippen LogP contribution < -0.4 is 9.64 Å². The highest BCUT2D eigenvalue weighted by Gasteiger charge is 2.48. The summed E-state index contributed by atoms with van der Waals surface area (Å²) in [5.74, 6) is -0.897. The minimum atomic E-state index is -0.402. The maximum atomic E-state index is 12.8. The highest BCUT2D eigenvalue weighted by atomic mass is 35.5. The van der Waals surface area contributed by atoms with Gasteiger partial charge in [-0.15, -0.1) is 0 Å². The van der Waals surface area contributed by atoms with Gasteiger partial charge in [0.1, 0.15) is 5.75 Å². The van der Waals surface area contributed by atoms with E-state index in [-0.39, 0.29) is 30.1 Å². The lowest BCUT2D eigenvalue weighted by atomic mass is 9.82. The number of allylic oxidation sites excluding steroid dienone is 2. The van der Waals surface area contributed by atoms with Gasteiger partial charge in [0.2, 0.25) is 11.8 Å². The van der Waals surface area contributed by atoms with Crippen LogP contribution in [0.15, 0.2) is 60.2 Å². The van der Waals surface area contributed by atoms with Crippen LogP contribution in [0, 0.1) is 11.8 Å². The molecule has 2 aromatic rings. The Hall–Kier alpha value is -2.92. The molecule has 2 atom stereocenters. The van der Waals surface area contributed by atoms with Crippen LogP contribution >= 0.6 is 11.6 Å². The second kappa shape index (κ2) is 7.84. The third-order valence-corrected chi connectivity index (χ3v) is 5.66. The van der Waals surface area contributed by atoms with Gasteiger partial charge in [0.25, 0.3) is 0 Å². The van der Waals surface area contributed by atoms with Gasteiger partial charge in [-0.05, 0) is 61.7 Å². The Morgan fingerprint density at radius 2 is 1.69 bits per heavy atom. The lowest BCUT2D eigenvalue weighted by Gasteiger charge is -2.18. The second-order valence-electron chi connectivity index (χ2n) is 7.49. The predicted molar refractivity (Wildman–Crippen MR) is 110 cm³/mol. The summed E-state index contributed by atoms with van der Waals surface area (Å²) >= 11 is 5.84. The Bertz CT molecular complexity index is 995. The minimum Gasteiger partial charge on any atom is -0.426 e. The number of ether oxygens (including phenoxy) is 1. The van der Waals surface area contributed by atoms with Gasteiger partial charge in [0.15, 0.2) is 0 Å². The molecule has 0 N–H and O–H groups in total. The van der Waals surface area contributed by atoms with E-state index in [0.717, 1.165) is 11.1 Å². The molecule has 2 unspecified atom stereocenters. The molecule has 1 heterocycles. The molecule has 6 heteroatoms. The largest absolute Gasteiger partial charge is 0.426 e. The first kappa shape index (κ1) is 19.4. The van der Waals surface area contributed by atoms with Gasteiger partial charge in [-0.2, -0.15) is 0 Å².